The summed E-state index contributed by atoms with van der Waals surface area (Å²) in [5.74, 6) is -3.20. The highest BCUT2D eigenvalue weighted by atomic mass is 35.5. The molecule has 0 bridgehead atoms. The summed E-state index contributed by atoms with van der Waals surface area (Å²) in [5.41, 5.74) is 2.71. The number of methoxy groups -OCH3 is 1. The average molecular weight is 536 g/mol. The Labute approximate surface area is 229 Å². The van der Waals surface area contributed by atoms with Crippen LogP contribution in [0.3, 0.4) is 0 Å². The minimum atomic E-state index is -0.921. The van der Waals surface area contributed by atoms with E-state index in [1.807, 2.05) is 66.7 Å². The average Bonchev–Trinajstić information content (AvgIpc) is 3.22. The summed E-state index contributed by atoms with van der Waals surface area (Å²) in [6.07, 6.45) is 1.98. The van der Waals surface area contributed by atoms with Gasteiger partial charge >= 0.3 is 5.97 Å². The molecule has 0 N–H and O–H groups in total. The van der Waals surface area contributed by atoms with Crippen LogP contribution in [-0.4, -0.2) is 24.9 Å². The zero-order valence-corrected chi connectivity index (χ0v) is 21.6. The van der Waals surface area contributed by atoms with E-state index in [1.165, 1.54) is 4.90 Å². The molecule has 2 amide bonds. The number of anilines is 1. The van der Waals surface area contributed by atoms with Crippen LogP contribution in [0.5, 0.6) is 11.5 Å². The summed E-state index contributed by atoms with van der Waals surface area (Å²) in [4.78, 5) is 42.9. The van der Waals surface area contributed by atoms with Gasteiger partial charge in [-0.3, -0.25) is 14.4 Å². The minimum Gasteiger partial charge on any atom is -0.497 e. The third kappa shape index (κ3) is 3.52. The molecule has 0 unspecified atom stereocenters. The molecule has 4 aromatic carbocycles. The second kappa shape index (κ2) is 8.82. The third-order valence-electron chi connectivity index (χ3n) is 8.05. The number of carbonyl (C=O) groups excluding carboxylic acids is 3. The molecule has 3 aliphatic rings. The molecule has 0 radical (unpaired) electrons. The van der Waals surface area contributed by atoms with Crippen molar-refractivity contribution >= 4 is 51.4 Å². The van der Waals surface area contributed by atoms with E-state index in [1.54, 1.807) is 31.4 Å². The van der Waals surface area contributed by atoms with Crippen molar-refractivity contribution in [3.05, 3.63) is 107 Å². The number of fused-ring (bicyclic) bond motifs is 7. The molecule has 4 aromatic rings. The number of nitrogens with zero attached hydrogens (tertiary/aromatic N) is 1. The van der Waals surface area contributed by atoms with E-state index in [4.69, 9.17) is 21.1 Å². The number of halogens is 1. The van der Waals surface area contributed by atoms with Gasteiger partial charge in [-0.05, 0) is 46.9 Å². The lowest BCUT2D eigenvalue weighted by Gasteiger charge is -2.38. The predicted molar refractivity (Wildman–Crippen MR) is 148 cm³/mol. The number of allylic oxidation sites excluding steroid dienone is 1. The van der Waals surface area contributed by atoms with E-state index in [-0.39, 0.29) is 5.91 Å². The summed E-state index contributed by atoms with van der Waals surface area (Å²) >= 11 is 6.22. The Balaban J connectivity index is 1.44. The molecule has 7 heteroatoms. The van der Waals surface area contributed by atoms with E-state index in [2.05, 4.69) is 0 Å². The van der Waals surface area contributed by atoms with Crippen molar-refractivity contribution in [2.75, 3.05) is 12.0 Å². The van der Waals surface area contributed by atoms with Gasteiger partial charge in [0.2, 0.25) is 11.8 Å². The number of ether oxygens (including phenoxy) is 2. The molecule has 1 fully saturated rings. The molecular weight excluding hydrogens is 514 g/mol. The van der Waals surface area contributed by atoms with Crippen molar-refractivity contribution in [2.24, 2.45) is 17.8 Å². The van der Waals surface area contributed by atoms with E-state index in [0.717, 1.165) is 21.9 Å². The van der Waals surface area contributed by atoms with E-state index < -0.39 is 35.5 Å². The van der Waals surface area contributed by atoms with Crippen LogP contribution in [0.25, 0.3) is 16.3 Å². The van der Waals surface area contributed by atoms with Crippen LogP contribution >= 0.6 is 11.6 Å². The van der Waals surface area contributed by atoms with Crippen LogP contribution in [0.15, 0.2) is 91.0 Å². The van der Waals surface area contributed by atoms with E-state index in [9.17, 15) is 14.4 Å². The third-order valence-corrected chi connectivity index (χ3v) is 8.29. The Kier molecular flexibility index (Phi) is 5.35. The summed E-state index contributed by atoms with van der Waals surface area (Å²) in [7, 11) is 1.59. The summed E-state index contributed by atoms with van der Waals surface area (Å²) < 4.78 is 11.3. The second-order valence-corrected chi connectivity index (χ2v) is 10.5. The van der Waals surface area contributed by atoms with Crippen molar-refractivity contribution in [2.45, 2.75) is 5.92 Å². The Morgan fingerprint density at radius 1 is 0.846 bits per heavy atom. The number of carbonyl (C=O) groups is 3. The fourth-order valence-corrected chi connectivity index (χ4v) is 6.49. The van der Waals surface area contributed by atoms with Crippen molar-refractivity contribution in [1.29, 1.82) is 0 Å². The molecule has 1 aliphatic carbocycles. The molecule has 39 heavy (non-hydrogen) atoms. The summed E-state index contributed by atoms with van der Waals surface area (Å²) in [6.45, 7) is 0. The minimum absolute atomic E-state index is 0.361. The molecular formula is C32H22ClNO5. The molecule has 2 heterocycles. The van der Waals surface area contributed by atoms with Gasteiger partial charge in [-0.15, -0.1) is 0 Å². The monoisotopic (exact) mass is 535 g/mol. The van der Waals surface area contributed by atoms with Gasteiger partial charge in [-0.2, -0.15) is 0 Å². The Morgan fingerprint density at radius 2 is 1.62 bits per heavy atom. The number of amides is 2. The Morgan fingerprint density at radius 3 is 2.38 bits per heavy atom. The van der Waals surface area contributed by atoms with Crippen molar-refractivity contribution < 1.29 is 23.9 Å². The number of rotatable bonds is 3. The maximum absolute atomic E-state index is 14.1. The van der Waals surface area contributed by atoms with E-state index >= 15 is 0 Å². The van der Waals surface area contributed by atoms with Gasteiger partial charge < -0.3 is 9.47 Å². The number of esters is 1. The molecule has 0 aromatic heterocycles. The van der Waals surface area contributed by atoms with Crippen molar-refractivity contribution in [1.82, 2.24) is 0 Å². The number of hydrogen-bond donors (Lipinski definition) is 0. The van der Waals surface area contributed by atoms with Crippen LogP contribution < -0.4 is 14.4 Å². The predicted octanol–water partition coefficient (Wildman–Crippen LogP) is 6.02. The number of imide groups is 1. The molecule has 2 aliphatic heterocycles. The Hall–Kier alpha value is -4.42. The molecule has 192 valence electrons. The van der Waals surface area contributed by atoms with Crippen LogP contribution in [0.2, 0.25) is 5.02 Å². The van der Waals surface area contributed by atoms with Crippen LogP contribution in [0, 0.1) is 17.8 Å². The molecule has 0 spiro atoms. The van der Waals surface area contributed by atoms with Gasteiger partial charge in [-0.1, -0.05) is 72.3 Å². The number of hydrogen-bond acceptors (Lipinski definition) is 5. The first kappa shape index (κ1) is 23.7. The molecule has 7 rings (SSSR count). The van der Waals surface area contributed by atoms with Crippen molar-refractivity contribution in [3.8, 4) is 11.5 Å². The largest absolute Gasteiger partial charge is 0.497 e. The lowest BCUT2D eigenvalue weighted by atomic mass is 9.64. The van der Waals surface area contributed by atoms with Gasteiger partial charge in [0.05, 0.1) is 30.6 Å². The summed E-state index contributed by atoms with van der Waals surface area (Å²) in [5, 5.41) is 2.18. The van der Waals surface area contributed by atoms with Gasteiger partial charge in [-0.25, -0.2) is 4.90 Å². The van der Waals surface area contributed by atoms with Crippen molar-refractivity contribution in [3.63, 3.8) is 0 Å². The summed E-state index contributed by atoms with van der Waals surface area (Å²) in [6, 6.07) is 25.7. The SMILES string of the molecule is COc1ccc([C@@H]2C=C3c4ccc5ccccc5c4OC(=O)[C@@H]3[C@H]3C(=O)N(c4cccc(Cl)c4)C(=O)[C@@H]32)cc1. The van der Waals surface area contributed by atoms with Gasteiger partial charge in [0.15, 0.2) is 0 Å². The van der Waals surface area contributed by atoms with E-state index in [0.29, 0.717) is 27.8 Å². The van der Waals surface area contributed by atoms with Crippen LogP contribution in [-0.2, 0) is 14.4 Å². The Bertz CT molecular complexity index is 1730. The quantitative estimate of drug-likeness (QED) is 0.182. The maximum atomic E-state index is 14.1. The zero-order chi connectivity index (χ0) is 26.8. The van der Waals surface area contributed by atoms with Crippen LogP contribution in [0.4, 0.5) is 5.69 Å². The zero-order valence-electron chi connectivity index (χ0n) is 20.8. The second-order valence-electron chi connectivity index (χ2n) is 10.0. The standard InChI is InChI=1S/C32H22ClNO5/c1-38-21-12-9-18(10-13-21)24-16-25-23-14-11-17-5-2-3-8-22(17)29(23)39-32(37)27(25)28-26(24)30(35)34(31(28)36)20-7-4-6-19(33)15-20/h2-16,24,26-28H,1H3/t24-,26+,27-,28-/m0/s1. The molecule has 4 atom stereocenters. The lowest BCUT2D eigenvalue weighted by molar-refractivity contribution is -0.142. The molecule has 1 saturated heterocycles. The maximum Gasteiger partial charge on any atom is 0.319 e. The highest BCUT2D eigenvalue weighted by molar-refractivity contribution is 6.31. The first-order valence-corrected chi connectivity index (χ1v) is 13.1. The first-order chi connectivity index (χ1) is 19.0. The highest BCUT2D eigenvalue weighted by Gasteiger charge is 2.60. The smallest absolute Gasteiger partial charge is 0.319 e. The van der Waals surface area contributed by atoms with Crippen LogP contribution in [0.1, 0.15) is 17.0 Å². The first-order valence-electron chi connectivity index (χ1n) is 12.7. The molecule has 6 nitrogen and oxygen atoms in total. The fraction of sp³-hybridized carbons (Fsp3) is 0.156. The van der Waals surface area contributed by atoms with Gasteiger partial charge in [0.1, 0.15) is 11.5 Å². The fourth-order valence-electron chi connectivity index (χ4n) is 6.31. The normalized spacial score (nSPS) is 23.6. The van der Waals surface area contributed by atoms with Gasteiger partial charge in [0, 0.05) is 21.9 Å². The highest BCUT2D eigenvalue weighted by Crippen LogP contribution is 2.55. The van der Waals surface area contributed by atoms with Gasteiger partial charge in [0.25, 0.3) is 0 Å². The topological polar surface area (TPSA) is 72.9 Å². The lowest BCUT2D eigenvalue weighted by Crippen LogP contribution is -2.42. The molecule has 0 saturated carbocycles. The number of benzene rings is 4.